The molecule has 2 atom stereocenters. The minimum absolute atomic E-state index is 0.00645. The molecule has 3 aromatic rings. The minimum Gasteiger partial charge on any atom is -0.497 e. The lowest BCUT2D eigenvalue weighted by molar-refractivity contribution is -0.116. The van der Waals surface area contributed by atoms with E-state index in [0.29, 0.717) is 18.8 Å². The van der Waals surface area contributed by atoms with Crippen molar-refractivity contribution in [2.75, 3.05) is 24.9 Å². The van der Waals surface area contributed by atoms with E-state index in [0.717, 1.165) is 45.3 Å². The molecule has 0 spiro atoms. The number of methoxy groups -OCH3 is 2. The van der Waals surface area contributed by atoms with Crippen molar-refractivity contribution in [2.45, 2.75) is 44.6 Å². The van der Waals surface area contributed by atoms with E-state index in [1.165, 1.54) is 5.56 Å². The third-order valence-corrected chi connectivity index (χ3v) is 7.12. The number of ether oxygens (including phenoxy) is 2. The van der Waals surface area contributed by atoms with E-state index in [4.69, 9.17) is 9.47 Å². The molecule has 0 saturated heterocycles. The molecule has 2 N–H and O–H groups in total. The fourth-order valence-electron chi connectivity index (χ4n) is 5.19. The lowest BCUT2D eigenvalue weighted by atomic mass is 9.78. The first-order chi connectivity index (χ1) is 17.0. The summed E-state index contributed by atoms with van der Waals surface area (Å²) < 4.78 is 11.1. The van der Waals surface area contributed by atoms with Gasteiger partial charge in [-0.2, -0.15) is 0 Å². The van der Waals surface area contributed by atoms with Crippen LogP contribution in [0.25, 0.3) is 0 Å². The molecule has 2 unspecified atom stereocenters. The maximum atomic E-state index is 13.8. The highest BCUT2D eigenvalue weighted by atomic mass is 16.5. The van der Waals surface area contributed by atoms with Crippen molar-refractivity contribution in [1.29, 1.82) is 0 Å². The van der Waals surface area contributed by atoms with Gasteiger partial charge in [-0.05, 0) is 53.8 Å². The van der Waals surface area contributed by atoms with E-state index in [9.17, 15) is 4.79 Å². The summed E-state index contributed by atoms with van der Waals surface area (Å²) in [5.41, 5.74) is 7.12. The number of para-hydroxylation sites is 2. The summed E-state index contributed by atoms with van der Waals surface area (Å²) in [6, 6.07) is 22.4. The molecule has 1 aliphatic heterocycles. The summed E-state index contributed by atoms with van der Waals surface area (Å²) in [5, 5.41) is 7.27. The Morgan fingerprint density at radius 1 is 0.886 bits per heavy atom. The number of allylic oxidation sites excluding steroid dienone is 1. The fraction of sp³-hybridized carbons (Fsp3) is 0.300. The van der Waals surface area contributed by atoms with Gasteiger partial charge in [0.2, 0.25) is 0 Å². The third-order valence-electron chi connectivity index (χ3n) is 7.12. The van der Waals surface area contributed by atoms with Gasteiger partial charge in [0, 0.05) is 29.2 Å². The highest BCUT2D eigenvalue weighted by molar-refractivity contribution is 6.01. The molecule has 3 aromatic carbocycles. The van der Waals surface area contributed by atoms with E-state index in [1.54, 1.807) is 14.2 Å². The van der Waals surface area contributed by atoms with Crippen LogP contribution in [0.3, 0.4) is 0 Å². The normalized spacial score (nSPS) is 19.3. The Labute approximate surface area is 207 Å². The highest BCUT2D eigenvalue weighted by Gasteiger charge is 2.37. The molecule has 1 heterocycles. The summed E-state index contributed by atoms with van der Waals surface area (Å²) in [4.78, 5) is 13.8. The summed E-state index contributed by atoms with van der Waals surface area (Å²) in [6.45, 7) is 4.38. The Kier molecular flexibility index (Phi) is 6.25. The van der Waals surface area contributed by atoms with Crippen LogP contribution in [0.15, 0.2) is 78.0 Å². The van der Waals surface area contributed by atoms with E-state index < -0.39 is 0 Å². The lowest BCUT2D eigenvalue weighted by Gasteiger charge is -2.30. The van der Waals surface area contributed by atoms with Gasteiger partial charge in [-0.3, -0.25) is 4.79 Å². The Hall–Kier alpha value is -3.73. The molecule has 35 heavy (non-hydrogen) atoms. The zero-order chi connectivity index (χ0) is 24.5. The predicted molar refractivity (Wildman–Crippen MR) is 141 cm³/mol. The second-order valence-electron chi connectivity index (χ2n) is 9.60. The number of rotatable bonds is 5. The monoisotopic (exact) mass is 468 g/mol. The van der Waals surface area contributed by atoms with Gasteiger partial charge < -0.3 is 20.1 Å². The number of anilines is 2. The van der Waals surface area contributed by atoms with Gasteiger partial charge in [0.1, 0.15) is 11.5 Å². The number of hydrogen-bond donors (Lipinski definition) is 2. The van der Waals surface area contributed by atoms with Crippen molar-refractivity contribution in [1.82, 2.24) is 0 Å². The van der Waals surface area contributed by atoms with Crippen LogP contribution < -0.4 is 20.1 Å². The maximum Gasteiger partial charge on any atom is 0.163 e. The van der Waals surface area contributed by atoms with Crippen LogP contribution in [0.2, 0.25) is 0 Å². The van der Waals surface area contributed by atoms with Crippen molar-refractivity contribution in [2.24, 2.45) is 0 Å². The molecular formula is C30H32N2O3. The second kappa shape index (κ2) is 9.49. The van der Waals surface area contributed by atoms with Crippen LogP contribution >= 0.6 is 0 Å². The lowest BCUT2D eigenvalue weighted by Crippen LogP contribution is -2.27. The van der Waals surface area contributed by atoms with Gasteiger partial charge in [0.25, 0.3) is 0 Å². The Bertz CT molecular complexity index is 1280. The Balaban J connectivity index is 1.59. The van der Waals surface area contributed by atoms with Crippen LogP contribution in [0.5, 0.6) is 11.5 Å². The number of hydrogen-bond acceptors (Lipinski definition) is 5. The topological polar surface area (TPSA) is 59.6 Å². The molecule has 0 amide bonds. The average Bonchev–Trinajstić information content (AvgIpc) is 3.05. The third kappa shape index (κ3) is 4.39. The number of carbonyl (C=O) groups excluding carboxylic acids is 1. The molecule has 0 saturated carbocycles. The number of fused-ring (bicyclic) bond motifs is 1. The molecule has 5 heteroatoms. The molecule has 2 aliphatic rings. The van der Waals surface area contributed by atoms with Gasteiger partial charge >= 0.3 is 0 Å². The quantitative estimate of drug-likeness (QED) is 0.431. The van der Waals surface area contributed by atoms with Crippen molar-refractivity contribution < 1.29 is 14.3 Å². The standard InChI is InChI=1S/C30H32N2O3/c1-18(2)19-9-11-20(12-10-19)30-29-26(31-24-7-5-6-8-25(24)32-30)15-21(16-27(29)33)23-17-22(34-3)13-14-28(23)35-4/h5-14,17-18,21,30-32H,15-16H2,1-4H3. The summed E-state index contributed by atoms with van der Waals surface area (Å²) in [7, 11) is 3.32. The summed E-state index contributed by atoms with van der Waals surface area (Å²) >= 11 is 0. The van der Waals surface area contributed by atoms with E-state index >= 15 is 0 Å². The minimum atomic E-state index is -0.219. The van der Waals surface area contributed by atoms with Crippen LogP contribution in [0, 0.1) is 0 Å². The van der Waals surface area contributed by atoms with Crippen molar-refractivity contribution in [3.8, 4) is 11.5 Å². The van der Waals surface area contributed by atoms with Gasteiger partial charge in [-0.25, -0.2) is 0 Å². The van der Waals surface area contributed by atoms with Crippen LogP contribution in [-0.4, -0.2) is 20.0 Å². The first-order valence-electron chi connectivity index (χ1n) is 12.2. The van der Waals surface area contributed by atoms with Crippen molar-refractivity contribution in [3.05, 3.63) is 94.7 Å². The molecule has 5 rings (SSSR count). The average molecular weight is 469 g/mol. The number of carbonyl (C=O) groups is 1. The van der Waals surface area contributed by atoms with Crippen molar-refractivity contribution >= 4 is 17.2 Å². The molecule has 0 bridgehead atoms. The van der Waals surface area contributed by atoms with Crippen LogP contribution in [0.1, 0.15) is 61.3 Å². The SMILES string of the molecule is COc1ccc(OC)c(C2CC(=O)C3=C(C2)Nc2ccccc2NC3c2ccc(C(C)C)cc2)c1. The van der Waals surface area contributed by atoms with E-state index in [2.05, 4.69) is 60.9 Å². The van der Waals surface area contributed by atoms with Gasteiger partial charge in [-0.15, -0.1) is 0 Å². The van der Waals surface area contributed by atoms with E-state index in [-0.39, 0.29) is 17.7 Å². The number of nitrogens with one attached hydrogen (secondary N) is 2. The fourth-order valence-corrected chi connectivity index (χ4v) is 5.19. The number of benzene rings is 3. The zero-order valence-corrected chi connectivity index (χ0v) is 20.7. The maximum absolute atomic E-state index is 13.8. The number of ketones is 1. The largest absolute Gasteiger partial charge is 0.497 e. The zero-order valence-electron chi connectivity index (χ0n) is 20.7. The molecule has 180 valence electrons. The first kappa shape index (κ1) is 23.0. The van der Waals surface area contributed by atoms with E-state index in [1.807, 2.05) is 30.3 Å². The molecule has 0 fully saturated rings. The Morgan fingerprint density at radius 2 is 1.63 bits per heavy atom. The van der Waals surface area contributed by atoms with Gasteiger partial charge in [0.05, 0.1) is 31.6 Å². The summed E-state index contributed by atoms with van der Waals surface area (Å²) in [5.74, 6) is 2.13. The number of Topliss-reactive ketones (excluding diaryl/α,β-unsaturated/α-hetero) is 1. The molecule has 1 aliphatic carbocycles. The first-order valence-corrected chi connectivity index (χ1v) is 12.2. The Morgan fingerprint density at radius 3 is 2.31 bits per heavy atom. The van der Waals surface area contributed by atoms with Gasteiger partial charge in [-0.1, -0.05) is 50.2 Å². The predicted octanol–water partition coefficient (Wildman–Crippen LogP) is 6.81. The highest BCUT2D eigenvalue weighted by Crippen LogP contribution is 2.46. The summed E-state index contributed by atoms with van der Waals surface area (Å²) in [6.07, 6.45) is 1.13. The smallest absolute Gasteiger partial charge is 0.163 e. The second-order valence-corrected chi connectivity index (χ2v) is 9.60. The molecule has 0 radical (unpaired) electrons. The molecular weight excluding hydrogens is 436 g/mol. The molecule has 5 nitrogen and oxygen atoms in total. The van der Waals surface area contributed by atoms with Crippen LogP contribution in [-0.2, 0) is 4.79 Å². The van der Waals surface area contributed by atoms with Crippen LogP contribution in [0.4, 0.5) is 11.4 Å². The molecule has 0 aromatic heterocycles. The van der Waals surface area contributed by atoms with Gasteiger partial charge in [0.15, 0.2) is 5.78 Å². The van der Waals surface area contributed by atoms with Crippen molar-refractivity contribution in [3.63, 3.8) is 0 Å².